The average Bonchev–Trinajstić information content (AvgIpc) is 2.78. The fraction of sp³-hybridized carbons (Fsp3) is 0.0833. The number of aromatic carboxylic acids is 1. The third-order valence-corrected chi connectivity index (χ3v) is 3.18. The first-order chi connectivity index (χ1) is 8.65. The summed E-state index contributed by atoms with van der Waals surface area (Å²) >= 11 is 1.04. The Balaban J connectivity index is 1.97. The van der Waals surface area contributed by atoms with E-state index in [2.05, 4.69) is 10.3 Å². The van der Waals surface area contributed by atoms with E-state index in [-0.39, 0.29) is 17.2 Å². The normalized spacial score (nSPS) is 10.0. The van der Waals surface area contributed by atoms with Crippen LogP contribution in [0.2, 0.25) is 0 Å². The van der Waals surface area contributed by atoms with Crippen molar-refractivity contribution in [1.29, 1.82) is 0 Å². The summed E-state index contributed by atoms with van der Waals surface area (Å²) in [6.45, 7) is 0. The van der Waals surface area contributed by atoms with Gasteiger partial charge in [-0.25, -0.2) is 4.79 Å². The fourth-order valence-corrected chi connectivity index (χ4v) is 2.15. The lowest BCUT2D eigenvalue weighted by Gasteiger charge is -2.01. The zero-order valence-electron chi connectivity index (χ0n) is 9.29. The Kier molecular flexibility index (Phi) is 3.69. The zero-order chi connectivity index (χ0) is 13.0. The number of hydrogen-bond donors (Lipinski definition) is 2. The third kappa shape index (κ3) is 3.14. The SMILES string of the molecule is O=C(Cc1ccncc1)Nc1ccc(C(=O)O)s1. The predicted octanol–water partition coefficient (Wildman–Crippen LogP) is 2.02. The first-order valence-corrected chi connectivity index (χ1v) is 5.98. The highest BCUT2D eigenvalue weighted by atomic mass is 32.1. The van der Waals surface area contributed by atoms with Crippen molar-refractivity contribution in [3.63, 3.8) is 0 Å². The molecule has 0 saturated heterocycles. The maximum absolute atomic E-state index is 11.7. The van der Waals surface area contributed by atoms with Crippen LogP contribution in [0.15, 0.2) is 36.7 Å². The minimum Gasteiger partial charge on any atom is -0.477 e. The Hall–Kier alpha value is -2.21. The number of aromatic nitrogens is 1. The van der Waals surface area contributed by atoms with Gasteiger partial charge >= 0.3 is 5.97 Å². The first-order valence-electron chi connectivity index (χ1n) is 5.17. The molecule has 92 valence electrons. The van der Waals surface area contributed by atoms with E-state index >= 15 is 0 Å². The van der Waals surface area contributed by atoms with Crippen LogP contribution in [0.5, 0.6) is 0 Å². The summed E-state index contributed by atoms with van der Waals surface area (Å²) < 4.78 is 0. The average molecular weight is 262 g/mol. The van der Waals surface area contributed by atoms with Crippen molar-refractivity contribution in [2.24, 2.45) is 0 Å². The number of pyridine rings is 1. The van der Waals surface area contributed by atoms with Gasteiger partial charge < -0.3 is 10.4 Å². The van der Waals surface area contributed by atoms with E-state index < -0.39 is 5.97 Å². The first kappa shape index (κ1) is 12.3. The van der Waals surface area contributed by atoms with Crippen LogP contribution in [-0.2, 0) is 11.2 Å². The van der Waals surface area contributed by atoms with Crippen molar-refractivity contribution in [1.82, 2.24) is 4.98 Å². The molecule has 0 unspecified atom stereocenters. The molecule has 0 bridgehead atoms. The molecule has 0 aliphatic rings. The van der Waals surface area contributed by atoms with Gasteiger partial charge in [0.15, 0.2) is 0 Å². The number of nitrogens with zero attached hydrogens (tertiary/aromatic N) is 1. The molecular weight excluding hydrogens is 252 g/mol. The Morgan fingerprint density at radius 3 is 2.56 bits per heavy atom. The molecule has 2 N–H and O–H groups in total. The molecule has 2 rings (SSSR count). The summed E-state index contributed by atoms with van der Waals surface area (Å²) in [5.41, 5.74) is 0.859. The van der Waals surface area contributed by atoms with E-state index in [1.54, 1.807) is 30.6 Å². The van der Waals surface area contributed by atoms with Crippen LogP contribution in [0, 0.1) is 0 Å². The van der Waals surface area contributed by atoms with Gasteiger partial charge in [0.25, 0.3) is 0 Å². The Bertz CT molecular complexity index is 566. The molecule has 0 saturated carbocycles. The molecule has 0 spiro atoms. The molecule has 0 aromatic carbocycles. The second-order valence-corrected chi connectivity index (χ2v) is 4.63. The van der Waals surface area contributed by atoms with Crippen LogP contribution in [-0.4, -0.2) is 22.0 Å². The van der Waals surface area contributed by atoms with Crippen molar-refractivity contribution >= 4 is 28.2 Å². The number of thiophene rings is 1. The van der Waals surface area contributed by atoms with Crippen molar-refractivity contribution in [3.05, 3.63) is 47.1 Å². The number of nitrogens with one attached hydrogen (secondary N) is 1. The molecule has 2 heterocycles. The van der Waals surface area contributed by atoms with E-state index in [1.165, 1.54) is 6.07 Å². The lowest BCUT2D eigenvalue weighted by molar-refractivity contribution is -0.115. The van der Waals surface area contributed by atoms with E-state index in [0.717, 1.165) is 16.9 Å². The van der Waals surface area contributed by atoms with Crippen molar-refractivity contribution in [2.75, 3.05) is 5.32 Å². The Morgan fingerprint density at radius 1 is 1.22 bits per heavy atom. The van der Waals surface area contributed by atoms with Gasteiger partial charge in [0.1, 0.15) is 4.88 Å². The Morgan fingerprint density at radius 2 is 1.94 bits per heavy atom. The predicted molar refractivity (Wildman–Crippen MR) is 67.8 cm³/mol. The van der Waals surface area contributed by atoms with Crippen LogP contribution in [0.4, 0.5) is 5.00 Å². The highest BCUT2D eigenvalue weighted by molar-refractivity contribution is 7.18. The van der Waals surface area contributed by atoms with E-state index in [4.69, 9.17) is 5.11 Å². The van der Waals surface area contributed by atoms with Crippen LogP contribution >= 0.6 is 11.3 Å². The molecule has 0 atom stereocenters. The van der Waals surface area contributed by atoms with Gasteiger partial charge in [-0.2, -0.15) is 0 Å². The molecule has 1 amide bonds. The number of carboxylic acids is 1. The lowest BCUT2D eigenvalue weighted by atomic mass is 10.2. The summed E-state index contributed by atoms with van der Waals surface area (Å²) in [6, 6.07) is 6.57. The van der Waals surface area contributed by atoms with Crippen LogP contribution < -0.4 is 5.32 Å². The summed E-state index contributed by atoms with van der Waals surface area (Å²) in [5, 5.41) is 12.0. The maximum Gasteiger partial charge on any atom is 0.345 e. The second kappa shape index (κ2) is 5.42. The number of anilines is 1. The summed E-state index contributed by atoms with van der Waals surface area (Å²) in [7, 11) is 0. The highest BCUT2D eigenvalue weighted by Crippen LogP contribution is 2.21. The van der Waals surface area contributed by atoms with Gasteiger partial charge in [0.2, 0.25) is 5.91 Å². The van der Waals surface area contributed by atoms with Gasteiger partial charge in [-0.15, -0.1) is 11.3 Å². The molecular formula is C12H10N2O3S. The van der Waals surface area contributed by atoms with E-state index in [1.807, 2.05) is 0 Å². The molecule has 5 nitrogen and oxygen atoms in total. The van der Waals surface area contributed by atoms with Crippen molar-refractivity contribution < 1.29 is 14.7 Å². The quantitative estimate of drug-likeness (QED) is 0.883. The smallest absolute Gasteiger partial charge is 0.345 e. The Labute approximate surface area is 107 Å². The van der Waals surface area contributed by atoms with Crippen molar-refractivity contribution in [3.8, 4) is 0 Å². The summed E-state index contributed by atoms with van der Waals surface area (Å²) in [4.78, 5) is 26.4. The van der Waals surface area contributed by atoms with Crippen LogP contribution in [0.25, 0.3) is 0 Å². The lowest BCUT2D eigenvalue weighted by Crippen LogP contribution is -2.13. The maximum atomic E-state index is 11.7. The molecule has 0 aliphatic heterocycles. The largest absolute Gasteiger partial charge is 0.477 e. The minimum absolute atomic E-state index is 0.181. The van der Waals surface area contributed by atoms with Crippen LogP contribution in [0.1, 0.15) is 15.2 Å². The third-order valence-electron chi connectivity index (χ3n) is 2.19. The molecule has 0 fully saturated rings. The van der Waals surface area contributed by atoms with Gasteiger partial charge in [-0.3, -0.25) is 9.78 Å². The summed E-state index contributed by atoms with van der Waals surface area (Å²) in [5.74, 6) is -1.17. The van der Waals surface area contributed by atoms with E-state index in [0.29, 0.717) is 5.00 Å². The fourth-order valence-electron chi connectivity index (χ4n) is 1.39. The zero-order valence-corrected chi connectivity index (χ0v) is 10.1. The minimum atomic E-state index is -0.991. The standard InChI is InChI=1S/C12H10N2O3S/c15-10(7-8-3-5-13-6-4-8)14-11-2-1-9(18-11)12(16)17/h1-6H,7H2,(H,14,15)(H,16,17). The van der Waals surface area contributed by atoms with Gasteiger partial charge in [-0.1, -0.05) is 0 Å². The molecule has 18 heavy (non-hydrogen) atoms. The van der Waals surface area contributed by atoms with E-state index in [9.17, 15) is 9.59 Å². The van der Waals surface area contributed by atoms with Crippen LogP contribution in [0.3, 0.4) is 0 Å². The van der Waals surface area contributed by atoms with Gasteiger partial charge in [-0.05, 0) is 29.8 Å². The highest BCUT2D eigenvalue weighted by Gasteiger charge is 2.09. The second-order valence-electron chi connectivity index (χ2n) is 3.55. The number of carboxylic acid groups (broad SMARTS) is 1. The molecule has 6 heteroatoms. The van der Waals surface area contributed by atoms with Gasteiger partial charge in [0.05, 0.1) is 11.4 Å². The molecule has 0 aliphatic carbocycles. The molecule has 0 radical (unpaired) electrons. The molecule has 2 aromatic heterocycles. The monoisotopic (exact) mass is 262 g/mol. The number of carbonyl (C=O) groups excluding carboxylic acids is 1. The van der Waals surface area contributed by atoms with Crippen molar-refractivity contribution in [2.45, 2.75) is 6.42 Å². The number of carbonyl (C=O) groups is 2. The number of amides is 1. The topological polar surface area (TPSA) is 79.3 Å². The van der Waals surface area contributed by atoms with Gasteiger partial charge in [0, 0.05) is 12.4 Å². The number of hydrogen-bond acceptors (Lipinski definition) is 4. The summed E-state index contributed by atoms with van der Waals surface area (Å²) in [6.07, 6.45) is 3.48. The molecule has 2 aromatic rings. The number of rotatable bonds is 4.